The molecule has 16 heavy (non-hydrogen) atoms. The maximum atomic E-state index is 11.0. The van der Waals surface area contributed by atoms with E-state index >= 15 is 0 Å². The molecular formula is C15H18O. The van der Waals surface area contributed by atoms with Crippen LogP contribution in [0.15, 0.2) is 42.5 Å². The predicted molar refractivity (Wildman–Crippen MR) is 68.9 cm³/mol. The fourth-order valence-electron chi connectivity index (χ4n) is 1.77. The van der Waals surface area contributed by atoms with Crippen molar-refractivity contribution in [1.82, 2.24) is 0 Å². The van der Waals surface area contributed by atoms with E-state index in [1.54, 1.807) is 0 Å². The van der Waals surface area contributed by atoms with Crippen LogP contribution in [0.25, 0.3) is 0 Å². The Kier molecular flexibility index (Phi) is 4.24. The van der Waals surface area contributed by atoms with Gasteiger partial charge < -0.3 is 0 Å². The van der Waals surface area contributed by atoms with Gasteiger partial charge in [-0.25, -0.2) is 0 Å². The molecule has 0 fully saturated rings. The molecule has 0 N–H and O–H groups in total. The zero-order valence-electron chi connectivity index (χ0n) is 10.0. The molecule has 0 saturated heterocycles. The maximum Gasteiger partial charge on any atom is 0.150 e. The molecule has 0 aliphatic carbocycles. The van der Waals surface area contributed by atoms with Gasteiger partial charge in [-0.2, -0.15) is 0 Å². The molecule has 0 saturated carbocycles. The van der Waals surface area contributed by atoms with Crippen molar-refractivity contribution in [3.63, 3.8) is 0 Å². The average Bonchev–Trinajstić information content (AvgIpc) is 2.19. The van der Waals surface area contributed by atoms with Crippen LogP contribution in [-0.4, -0.2) is 6.29 Å². The fourth-order valence-corrected chi connectivity index (χ4v) is 1.77. The third kappa shape index (κ3) is 3.20. The number of allylic oxidation sites excluding steroid dienone is 2. The van der Waals surface area contributed by atoms with Gasteiger partial charge in [0.05, 0.1) is 0 Å². The largest absolute Gasteiger partial charge is 0.298 e. The van der Waals surface area contributed by atoms with Crippen molar-refractivity contribution in [2.45, 2.75) is 26.7 Å². The van der Waals surface area contributed by atoms with Crippen LogP contribution in [-0.2, 0) is 12.8 Å². The Bertz CT molecular complexity index is 427. The van der Waals surface area contributed by atoms with Crippen molar-refractivity contribution < 1.29 is 4.79 Å². The zero-order valence-corrected chi connectivity index (χ0v) is 10.0. The fraction of sp³-hybridized carbons (Fsp3) is 0.267. The van der Waals surface area contributed by atoms with Crippen LogP contribution in [0.3, 0.4) is 0 Å². The number of hydrogen-bond acceptors (Lipinski definition) is 1. The number of carbonyl (C=O) groups is 1. The molecule has 0 atom stereocenters. The standard InChI is InChI=1S/C15H18O/c1-11(2)8-13-6-5-7-14(10-16)15(13)9-12(3)4/h5-7,10H,1,3,8-9H2,2,4H3. The van der Waals surface area contributed by atoms with E-state index in [1.807, 2.05) is 26.0 Å². The lowest BCUT2D eigenvalue weighted by Gasteiger charge is -2.12. The average molecular weight is 214 g/mol. The van der Waals surface area contributed by atoms with E-state index in [-0.39, 0.29) is 0 Å². The predicted octanol–water partition coefficient (Wildman–Crippen LogP) is 3.74. The van der Waals surface area contributed by atoms with E-state index in [0.717, 1.165) is 41.4 Å². The van der Waals surface area contributed by atoms with Crippen molar-refractivity contribution in [2.24, 2.45) is 0 Å². The molecule has 0 aliphatic rings. The highest BCUT2D eigenvalue weighted by Gasteiger charge is 2.08. The van der Waals surface area contributed by atoms with Gasteiger partial charge in [-0.3, -0.25) is 4.79 Å². The summed E-state index contributed by atoms with van der Waals surface area (Å²) in [4.78, 5) is 11.0. The summed E-state index contributed by atoms with van der Waals surface area (Å²) in [6, 6.07) is 5.83. The lowest BCUT2D eigenvalue weighted by molar-refractivity contribution is 0.112. The number of carbonyl (C=O) groups excluding carboxylic acids is 1. The molecule has 0 spiro atoms. The molecule has 0 aromatic heterocycles. The summed E-state index contributed by atoms with van der Waals surface area (Å²) in [6.07, 6.45) is 2.50. The molecule has 0 heterocycles. The highest BCUT2D eigenvalue weighted by atomic mass is 16.1. The van der Waals surface area contributed by atoms with E-state index in [9.17, 15) is 4.79 Å². The van der Waals surface area contributed by atoms with Crippen LogP contribution < -0.4 is 0 Å². The molecular weight excluding hydrogens is 196 g/mol. The minimum Gasteiger partial charge on any atom is -0.298 e. The van der Waals surface area contributed by atoms with Crippen LogP contribution in [0, 0.1) is 0 Å². The molecule has 0 radical (unpaired) electrons. The van der Waals surface area contributed by atoms with Gasteiger partial charge in [0.25, 0.3) is 0 Å². The van der Waals surface area contributed by atoms with Crippen molar-refractivity contribution in [3.8, 4) is 0 Å². The third-order valence-corrected chi connectivity index (χ3v) is 2.41. The Morgan fingerprint density at radius 1 is 1.19 bits per heavy atom. The van der Waals surface area contributed by atoms with Crippen LogP contribution in [0.1, 0.15) is 35.3 Å². The SMILES string of the molecule is C=C(C)Cc1cccc(C=O)c1CC(=C)C. The van der Waals surface area contributed by atoms with Crippen LogP contribution in [0.5, 0.6) is 0 Å². The molecule has 1 aromatic carbocycles. The smallest absolute Gasteiger partial charge is 0.150 e. The lowest BCUT2D eigenvalue weighted by atomic mass is 9.93. The van der Waals surface area contributed by atoms with Crippen molar-refractivity contribution in [1.29, 1.82) is 0 Å². The second-order valence-electron chi connectivity index (χ2n) is 4.37. The van der Waals surface area contributed by atoms with E-state index in [4.69, 9.17) is 0 Å². The molecule has 1 heteroatoms. The van der Waals surface area contributed by atoms with Crippen molar-refractivity contribution >= 4 is 6.29 Å². The molecule has 0 unspecified atom stereocenters. The summed E-state index contributed by atoms with van der Waals surface area (Å²) < 4.78 is 0. The van der Waals surface area contributed by atoms with Gasteiger partial charge >= 0.3 is 0 Å². The molecule has 0 aliphatic heterocycles. The topological polar surface area (TPSA) is 17.1 Å². The number of aldehydes is 1. The monoisotopic (exact) mass is 214 g/mol. The highest BCUT2D eigenvalue weighted by molar-refractivity contribution is 5.78. The van der Waals surface area contributed by atoms with Gasteiger partial charge in [-0.15, -0.1) is 0 Å². The second kappa shape index (κ2) is 5.45. The summed E-state index contributed by atoms with van der Waals surface area (Å²) in [6.45, 7) is 11.8. The van der Waals surface area contributed by atoms with E-state index in [2.05, 4.69) is 19.2 Å². The van der Waals surface area contributed by atoms with Crippen LogP contribution >= 0.6 is 0 Å². The molecule has 84 valence electrons. The Morgan fingerprint density at radius 2 is 1.81 bits per heavy atom. The quantitative estimate of drug-likeness (QED) is 0.539. The molecule has 1 rings (SSSR count). The first-order chi connectivity index (χ1) is 7.54. The second-order valence-corrected chi connectivity index (χ2v) is 4.37. The summed E-state index contributed by atoms with van der Waals surface area (Å²) in [5, 5.41) is 0. The van der Waals surface area contributed by atoms with Crippen LogP contribution in [0.4, 0.5) is 0 Å². The molecule has 1 aromatic rings. The van der Waals surface area contributed by atoms with E-state index in [1.165, 1.54) is 5.56 Å². The summed E-state index contributed by atoms with van der Waals surface area (Å²) in [5.41, 5.74) is 5.21. The van der Waals surface area contributed by atoms with Crippen LogP contribution in [0.2, 0.25) is 0 Å². The van der Waals surface area contributed by atoms with Crippen molar-refractivity contribution in [3.05, 3.63) is 59.2 Å². The normalized spacial score (nSPS) is 9.88. The first kappa shape index (κ1) is 12.4. The van der Waals surface area contributed by atoms with Gasteiger partial charge in [0.1, 0.15) is 6.29 Å². The van der Waals surface area contributed by atoms with Gasteiger partial charge in [-0.1, -0.05) is 42.5 Å². The number of rotatable bonds is 5. The van der Waals surface area contributed by atoms with Gasteiger partial charge in [0.15, 0.2) is 0 Å². The summed E-state index contributed by atoms with van der Waals surface area (Å²) in [5.74, 6) is 0. The zero-order chi connectivity index (χ0) is 12.1. The Balaban J connectivity index is 3.19. The lowest BCUT2D eigenvalue weighted by Crippen LogP contribution is -2.01. The number of hydrogen-bond donors (Lipinski definition) is 0. The highest BCUT2D eigenvalue weighted by Crippen LogP contribution is 2.19. The molecule has 0 bridgehead atoms. The van der Waals surface area contributed by atoms with Gasteiger partial charge in [-0.05, 0) is 37.8 Å². The Labute approximate surface area is 97.5 Å². The minimum atomic E-state index is 0.761. The van der Waals surface area contributed by atoms with Gasteiger partial charge in [0.2, 0.25) is 0 Å². The van der Waals surface area contributed by atoms with E-state index in [0.29, 0.717) is 0 Å². The maximum absolute atomic E-state index is 11.0. The molecule has 1 nitrogen and oxygen atoms in total. The Hall–Kier alpha value is -1.63. The van der Waals surface area contributed by atoms with E-state index < -0.39 is 0 Å². The van der Waals surface area contributed by atoms with Gasteiger partial charge in [0, 0.05) is 5.56 Å². The number of benzene rings is 1. The molecule has 0 amide bonds. The first-order valence-corrected chi connectivity index (χ1v) is 5.39. The third-order valence-electron chi connectivity index (χ3n) is 2.41. The first-order valence-electron chi connectivity index (χ1n) is 5.39. The summed E-state index contributed by atoms with van der Waals surface area (Å²) >= 11 is 0. The minimum absolute atomic E-state index is 0.761. The summed E-state index contributed by atoms with van der Waals surface area (Å²) in [7, 11) is 0. The Morgan fingerprint density at radius 3 is 2.31 bits per heavy atom. The van der Waals surface area contributed by atoms with Crippen molar-refractivity contribution in [2.75, 3.05) is 0 Å².